The monoisotopic (exact) mass is 370 g/mol. The molecule has 0 aliphatic heterocycles. The van der Waals surface area contributed by atoms with Crippen LogP contribution in [0.5, 0.6) is 0 Å². The van der Waals surface area contributed by atoms with Gasteiger partial charge in [0.1, 0.15) is 18.4 Å². The zero-order valence-electron chi connectivity index (χ0n) is 12.4. The van der Waals surface area contributed by atoms with Gasteiger partial charge in [-0.05, 0) is 22.9 Å². The van der Waals surface area contributed by atoms with Crippen molar-refractivity contribution in [3.05, 3.63) is 38.4 Å². The van der Waals surface area contributed by atoms with E-state index in [4.69, 9.17) is 0 Å². The van der Waals surface area contributed by atoms with Crippen molar-refractivity contribution < 1.29 is 9.72 Å². The van der Waals surface area contributed by atoms with Crippen molar-refractivity contribution >= 4 is 27.5 Å². The maximum Gasteiger partial charge on any atom is 0.309 e. The molecule has 22 heavy (non-hydrogen) atoms. The average molecular weight is 371 g/mol. The Labute approximate surface area is 134 Å². The number of rotatable bonds is 5. The smallest absolute Gasteiger partial charge is 0.309 e. The van der Waals surface area contributed by atoms with Crippen LogP contribution in [0, 0.1) is 17.0 Å². The lowest BCUT2D eigenvalue weighted by atomic mass is 10.3. The van der Waals surface area contributed by atoms with Crippen molar-refractivity contribution in [1.29, 1.82) is 0 Å². The van der Waals surface area contributed by atoms with Crippen molar-refractivity contribution in [2.24, 2.45) is 7.05 Å². The largest absolute Gasteiger partial charge is 0.338 e. The quantitative estimate of drug-likeness (QED) is 0.582. The summed E-state index contributed by atoms with van der Waals surface area (Å²) in [4.78, 5) is 24.0. The molecule has 2 aromatic heterocycles. The molecule has 0 aliphatic rings. The fourth-order valence-corrected chi connectivity index (χ4v) is 2.42. The molecule has 118 valence electrons. The molecule has 0 aromatic carbocycles. The Morgan fingerprint density at radius 3 is 2.64 bits per heavy atom. The Hall–Kier alpha value is -2.23. The maximum absolute atomic E-state index is 12.2. The molecule has 0 aliphatic carbocycles. The number of hydrogen-bond donors (Lipinski definition) is 0. The van der Waals surface area contributed by atoms with Crippen LogP contribution in [0.25, 0.3) is 0 Å². The molecule has 2 rings (SSSR count). The lowest BCUT2D eigenvalue weighted by molar-refractivity contribution is -0.385. The molecule has 0 saturated heterocycles. The third-order valence-corrected chi connectivity index (χ3v) is 4.04. The van der Waals surface area contributed by atoms with Crippen LogP contribution in [-0.2, 0) is 24.9 Å². The topological polar surface area (TPSA) is 99.1 Å². The molecule has 0 N–H and O–H groups in total. The Kier molecular flexibility index (Phi) is 4.59. The fourth-order valence-electron chi connectivity index (χ4n) is 1.95. The van der Waals surface area contributed by atoms with E-state index in [1.165, 1.54) is 9.58 Å². The SMILES string of the molecule is Cc1c([N+](=O)[O-])cnn1CC(=O)N(C)Cc1c(Br)cnn1C. The molecule has 2 aromatic rings. The van der Waals surface area contributed by atoms with Gasteiger partial charge in [-0.15, -0.1) is 0 Å². The molecule has 0 spiro atoms. The first-order valence-electron chi connectivity index (χ1n) is 6.38. The predicted octanol–water partition coefficient (Wildman–Crippen LogP) is 1.25. The van der Waals surface area contributed by atoms with E-state index in [1.54, 1.807) is 31.9 Å². The molecule has 0 bridgehead atoms. The van der Waals surface area contributed by atoms with E-state index in [2.05, 4.69) is 26.1 Å². The van der Waals surface area contributed by atoms with Gasteiger partial charge in [0, 0.05) is 14.1 Å². The summed E-state index contributed by atoms with van der Waals surface area (Å²) in [6.45, 7) is 1.89. The van der Waals surface area contributed by atoms with Crippen LogP contribution in [0.2, 0.25) is 0 Å². The van der Waals surface area contributed by atoms with E-state index in [-0.39, 0.29) is 18.1 Å². The molecular weight excluding hydrogens is 356 g/mol. The van der Waals surface area contributed by atoms with Gasteiger partial charge in [0.15, 0.2) is 0 Å². The first-order valence-corrected chi connectivity index (χ1v) is 7.17. The predicted molar refractivity (Wildman–Crippen MR) is 81.0 cm³/mol. The summed E-state index contributed by atoms with van der Waals surface area (Å²) in [6, 6.07) is 0. The molecule has 1 amide bonds. The van der Waals surface area contributed by atoms with Gasteiger partial charge in [-0.25, -0.2) is 0 Å². The van der Waals surface area contributed by atoms with Crippen LogP contribution in [0.1, 0.15) is 11.4 Å². The van der Waals surface area contributed by atoms with E-state index in [9.17, 15) is 14.9 Å². The molecule has 2 heterocycles. The standard InChI is InChI=1S/C12H15BrN6O3/c1-8-10(19(21)22)5-15-18(8)7-12(20)16(2)6-11-9(13)4-14-17(11)3/h4-5H,6-7H2,1-3H3. The summed E-state index contributed by atoms with van der Waals surface area (Å²) < 4.78 is 3.83. The lowest BCUT2D eigenvalue weighted by Gasteiger charge is -2.18. The molecule has 0 unspecified atom stereocenters. The van der Waals surface area contributed by atoms with Crippen LogP contribution in [0.4, 0.5) is 5.69 Å². The zero-order valence-corrected chi connectivity index (χ0v) is 13.9. The summed E-state index contributed by atoms with van der Waals surface area (Å²) in [5, 5.41) is 18.8. The Morgan fingerprint density at radius 1 is 1.45 bits per heavy atom. The van der Waals surface area contributed by atoms with Crippen molar-refractivity contribution in [2.75, 3.05) is 7.05 Å². The van der Waals surface area contributed by atoms with Gasteiger partial charge in [0.25, 0.3) is 0 Å². The van der Waals surface area contributed by atoms with Gasteiger partial charge < -0.3 is 4.90 Å². The van der Waals surface area contributed by atoms with Crippen LogP contribution in [0.3, 0.4) is 0 Å². The average Bonchev–Trinajstić information content (AvgIpc) is 2.96. The highest BCUT2D eigenvalue weighted by Crippen LogP contribution is 2.18. The second-order valence-electron chi connectivity index (χ2n) is 4.84. The summed E-state index contributed by atoms with van der Waals surface area (Å²) in [5.41, 5.74) is 1.12. The van der Waals surface area contributed by atoms with Gasteiger partial charge in [0.2, 0.25) is 5.91 Å². The van der Waals surface area contributed by atoms with Gasteiger partial charge >= 0.3 is 5.69 Å². The van der Waals surface area contributed by atoms with E-state index in [0.717, 1.165) is 16.4 Å². The molecule has 9 nitrogen and oxygen atoms in total. The van der Waals surface area contributed by atoms with Crippen molar-refractivity contribution in [1.82, 2.24) is 24.5 Å². The molecular formula is C12H15BrN6O3. The highest BCUT2D eigenvalue weighted by atomic mass is 79.9. The number of halogens is 1. The number of carbonyl (C=O) groups is 1. The minimum Gasteiger partial charge on any atom is -0.338 e. The number of hydrogen-bond acceptors (Lipinski definition) is 5. The van der Waals surface area contributed by atoms with Crippen molar-refractivity contribution in [3.63, 3.8) is 0 Å². The number of nitrogens with zero attached hydrogens (tertiary/aromatic N) is 6. The van der Waals surface area contributed by atoms with E-state index < -0.39 is 4.92 Å². The summed E-state index contributed by atoms with van der Waals surface area (Å²) in [5.74, 6) is -0.200. The second kappa shape index (κ2) is 6.26. The summed E-state index contributed by atoms with van der Waals surface area (Å²) >= 11 is 3.38. The minimum absolute atomic E-state index is 0.0500. The van der Waals surface area contributed by atoms with Crippen molar-refractivity contribution in [2.45, 2.75) is 20.0 Å². The van der Waals surface area contributed by atoms with Gasteiger partial charge in [-0.1, -0.05) is 0 Å². The first-order chi connectivity index (χ1) is 10.3. The van der Waals surface area contributed by atoms with Gasteiger partial charge in [-0.3, -0.25) is 24.3 Å². The Bertz CT molecular complexity index is 703. The number of aryl methyl sites for hydroxylation is 1. The molecule has 0 atom stereocenters. The van der Waals surface area contributed by atoms with E-state index >= 15 is 0 Å². The van der Waals surface area contributed by atoms with Crippen LogP contribution in [0.15, 0.2) is 16.9 Å². The summed E-state index contributed by atoms with van der Waals surface area (Å²) in [6.07, 6.45) is 2.81. The van der Waals surface area contributed by atoms with Gasteiger partial charge in [0.05, 0.1) is 27.8 Å². The number of aromatic nitrogens is 4. The normalized spacial score (nSPS) is 10.7. The second-order valence-corrected chi connectivity index (χ2v) is 5.70. The lowest BCUT2D eigenvalue weighted by Crippen LogP contribution is -2.31. The molecule has 0 saturated carbocycles. The van der Waals surface area contributed by atoms with Crippen LogP contribution < -0.4 is 0 Å². The number of nitro groups is 1. The maximum atomic E-state index is 12.2. The van der Waals surface area contributed by atoms with Crippen molar-refractivity contribution in [3.8, 4) is 0 Å². The zero-order chi connectivity index (χ0) is 16.4. The number of carbonyl (C=O) groups excluding carboxylic acids is 1. The Balaban J connectivity index is 2.07. The summed E-state index contributed by atoms with van der Waals surface area (Å²) in [7, 11) is 3.45. The Morgan fingerprint density at radius 2 is 2.14 bits per heavy atom. The molecule has 10 heteroatoms. The van der Waals surface area contributed by atoms with E-state index in [1.807, 2.05) is 0 Å². The fraction of sp³-hybridized carbons (Fsp3) is 0.417. The third kappa shape index (κ3) is 3.16. The van der Waals surface area contributed by atoms with Crippen LogP contribution >= 0.6 is 15.9 Å². The number of amides is 1. The van der Waals surface area contributed by atoms with Crippen LogP contribution in [-0.4, -0.2) is 42.3 Å². The molecule has 0 fully saturated rings. The first kappa shape index (κ1) is 16.1. The third-order valence-electron chi connectivity index (χ3n) is 3.38. The molecule has 0 radical (unpaired) electrons. The van der Waals surface area contributed by atoms with E-state index in [0.29, 0.717) is 12.2 Å². The minimum atomic E-state index is -0.514. The number of likely N-dealkylation sites (N-methyl/N-ethyl adjacent to an activating group) is 1. The van der Waals surface area contributed by atoms with Gasteiger partial charge in [-0.2, -0.15) is 10.2 Å². The highest BCUT2D eigenvalue weighted by Gasteiger charge is 2.20. The highest BCUT2D eigenvalue weighted by molar-refractivity contribution is 9.10.